The van der Waals surface area contributed by atoms with Gasteiger partial charge in [-0.25, -0.2) is 4.79 Å². The summed E-state index contributed by atoms with van der Waals surface area (Å²) >= 11 is 1.10. The first-order valence-electron chi connectivity index (χ1n) is 7.71. The Morgan fingerprint density at radius 1 is 1.15 bits per heavy atom. The first kappa shape index (κ1) is 17.8. The number of esters is 1. The number of nitrogens with zero attached hydrogens (tertiary/aromatic N) is 1. The van der Waals surface area contributed by atoms with E-state index in [0.29, 0.717) is 21.8 Å². The van der Waals surface area contributed by atoms with Crippen LogP contribution in [0.1, 0.15) is 21.5 Å². The second-order valence-corrected chi connectivity index (χ2v) is 6.59. The van der Waals surface area contributed by atoms with Gasteiger partial charge in [0, 0.05) is 0 Å². The van der Waals surface area contributed by atoms with Crippen molar-refractivity contribution in [2.75, 3.05) is 7.11 Å². The van der Waals surface area contributed by atoms with Crippen molar-refractivity contribution in [1.29, 1.82) is 0 Å². The fourth-order valence-electron chi connectivity index (χ4n) is 2.29. The van der Waals surface area contributed by atoms with E-state index in [9.17, 15) is 9.59 Å². The van der Waals surface area contributed by atoms with Crippen molar-refractivity contribution in [3.63, 3.8) is 0 Å². The van der Waals surface area contributed by atoms with Crippen molar-refractivity contribution in [1.82, 2.24) is 0 Å². The van der Waals surface area contributed by atoms with Gasteiger partial charge in [-0.15, -0.1) is 0 Å². The number of hydrogen-bond acceptors (Lipinski definition) is 6. The molecule has 7 heteroatoms. The Morgan fingerprint density at radius 2 is 1.88 bits per heavy atom. The number of nitrogens with two attached hydrogens (primary N) is 1. The number of rotatable bonds is 4. The van der Waals surface area contributed by atoms with Crippen LogP contribution in [0.4, 0.5) is 0 Å². The second kappa shape index (κ2) is 7.45. The smallest absolute Gasteiger partial charge is 0.343 e. The van der Waals surface area contributed by atoms with Gasteiger partial charge in [-0.1, -0.05) is 23.8 Å². The number of carbonyl (C=O) groups excluding carboxylic acids is 2. The molecular weight excluding hydrogens is 352 g/mol. The van der Waals surface area contributed by atoms with E-state index in [1.165, 1.54) is 7.11 Å². The molecule has 0 fully saturated rings. The largest absolute Gasteiger partial charge is 0.493 e. The zero-order valence-corrected chi connectivity index (χ0v) is 15.0. The molecule has 2 N–H and O–H groups in total. The molecule has 0 aromatic heterocycles. The average molecular weight is 368 g/mol. The zero-order chi connectivity index (χ0) is 18.7. The summed E-state index contributed by atoms with van der Waals surface area (Å²) in [6.45, 7) is 1.94. The lowest BCUT2D eigenvalue weighted by Crippen LogP contribution is -2.09. The molecule has 1 amide bonds. The van der Waals surface area contributed by atoms with Crippen LogP contribution < -0.4 is 15.2 Å². The van der Waals surface area contributed by atoms with Crippen LogP contribution in [0.3, 0.4) is 0 Å². The van der Waals surface area contributed by atoms with Gasteiger partial charge < -0.3 is 15.2 Å². The van der Waals surface area contributed by atoms with Crippen molar-refractivity contribution in [2.45, 2.75) is 6.92 Å². The third-order valence-corrected chi connectivity index (χ3v) is 4.43. The average Bonchev–Trinajstić information content (AvgIpc) is 2.93. The summed E-state index contributed by atoms with van der Waals surface area (Å²) < 4.78 is 10.7. The lowest BCUT2D eigenvalue weighted by molar-refractivity contribution is -0.113. The molecule has 2 aromatic carbocycles. The van der Waals surface area contributed by atoms with E-state index in [0.717, 1.165) is 17.3 Å². The van der Waals surface area contributed by atoms with Crippen LogP contribution in [0, 0.1) is 6.92 Å². The third kappa shape index (κ3) is 3.94. The van der Waals surface area contributed by atoms with Crippen molar-refractivity contribution >= 4 is 34.9 Å². The summed E-state index contributed by atoms with van der Waals surface area (Å²) in [6.07, 6.45) is 1.64. The number of ether oxygens (including phenoxy) is 2. The third-order valence-electron chi connectivity index (χ3n) is 3.61. The van der Waals surface area contributed by atoms with Crippen LogP contribution in [-0.2, 0) is 4.79 Å². The number of aryl methyl sites for hydroxylation is 1. The summed E-state index contributed by atoms with van der Waals surface area (Å²) in [5, 5.41) is 0.209. The molecule has 0 aliphatic carbocycles. The monoisotopic (exact) mass is 368 g/mol. The van der Waals surface area contributed by atoms with Gasteiger partial charge in [0.15, 0.2) is 16.7 Å². The molecule has 0 atom stereocenters. The first-order chi connectivity index (χ1) is 12.5. The van der Waals surface area contributed by atoms with Crippen molar-refractivity contribution < 1.29 is 19.1 Å². The molecule has 0 saturated carbocycles. The standard InChI is InChI=1S/C19H16N2O4S/c1-11-3-6-13(7-4-11)18(23)25-15-9-12(5-8-14(15)24-2)10-16-17(22)21-19(20)26-16/h3-10H,1-2H3,(H2,20,21,22)/b16-10+. The van der Waals surface area contributed by atoms with Gasteiger partial charge in [-0.05, 0) is 54.6 Å². The molecule has 2 aromatic rings. The van der Waals surface area contributed by atoms with E-state index in [1.807, 2.05) is 19.1 Å². The highest BCUT2D eigenvalue weighted by Crippen LogP contribution is 2.32. The Balaban J connectivity index is 1.86. The Kier molecular flexibility index (Phi) is 5.09. The van der Waals surface area contributed by atoms with Crippen LogP contribution in [-0.4, -0.2) is 24.2 Å². The van der Waals surface area contributed by atoms with E-state index in [-0.39, 0.29) is 16.8 Å². The van der Waals surface area contributed by atoms with Crippen molar-refractivity contribution in [2.24, 2.45) is 10.7 Å². The number of hydrogen-bond donors (Lipinski definition) is 1. The molecule has 0 bridgehead atoms. The van der Waals surface area contributed by atoms with Crippen LogP contribution in [0.2, 0.25) is 0 Å². The summed E-state index contributed by atoms with van der Waals surface area (Å²) in [5.41, 5.74) is 7.70. The van der Waals surface area contributed by atoms with Crippen molar-refractivity contribution in [3.8, 4) is 11.5 Å². The molecule has 1 aliphatic rings. The number of benzene rings is 2. The highest BCUT2D eigenvalue weighted by atomic mass is 32.2. The number of carbonyl (C=O) groups is 2. The van der Waals surface area contributed by atoms with Crippen LogP contribution in [0.25, 0.3) is 6.08 Å². The minimum atomic E-state index is -0.494. The van der Waals surface area contributed by atoms with Crippen LogP contribution in [0.5, 0.6) is 11.5 Å². The van der Waals surface area contributed by atoms with Gasteiger partial charge in [0.05, 0.1) is 17.6 Å². The predicted molar refractivity (Wildman–Crippen MR) is 101 cm³/mol. The molecule has 132 valence electrons. The lowest BCUT2D eigenvalue weighted by Gasteiger charge is -2.10. The Morgan fingerprint density at radius 3 is 2.50 bits per heavy atom. The number of aliphatic imine (C=N–C) groups is 1. The molecule has 0 saturated heterocycles. The van der Waals surface area contributed by atoms with E-state index in [1.54, 1.807) is 36.4 Å². The van der Waals surface area contributed by atoms with E-state index >= 15 is 0 Å². The Hall–Kier alpha value is -3.06. The van der Waals surface area contributed by atoms with Crippen LogP contribution in [0.15, 0.2) is 52.4 Å². The zero-order valence-electron chi connectivity index (χ0n) is 14.2. The van der Waals surface area contributed by atoms with Gasteiger partial charge >= 0.3 is 5.97 Å². The maximum absolute atomic E-state index is 12.4. The van der Waals surface area contributed by atoms with E-state index < -0.39 is 5.97 Å². The molecule has 6 nitrogen and oxygen atoms in total. The molecule has 0 unspecified atom stereocenters. The maximum Gasteiger partial charge on any atom is 0.343 e. The number of methoxy groups -OCH3 is 1. The van der Waals surface area contributed by atoms with Gasteiger partial charge in [-0.2, -0.15) is 4.99 Å². The summed E-state index contributed by atoms with van der Waals surface area (Å²) in [7, 11) is 1.49. The SMILES string of the molecule is COc1ccc(/C=C2/SC(N)=NC2=O)cc1OC(=O)c1ccc(C)cc1. The fourth-order valence-corrected chi connectivity index (χ4v) is 2.97. The van der Waals surface area contributed by atoms with Gasteiger partial charge in [0.2, 0.25) is 0 Å². The highest BCUT2D eigenvalue weighted by Gasteiger charge is 2.20. The van der Waals surface area contributed by atoms with Gasteiger partial charge in [0.25, 0.3) is 5.91 Å². The molecule has 0 radical (unpaired) electrons. The van der Waals surface area contributed by atoms with E-state index in [2.05, 4.69) is 4.99 Å². The molecule has 26 heavy (non-hydrogen) atoms. The quantitative estimate of drug-likeness (QED) is 0.506. The number of amides is 1. The second-order valence-electron chi connectivity index (χ2n) is 5.53. The normalized spacial score (nSPS) is 15.1. The van der Waals surface area contributed by atoms with Gasteiger partial charge in [-0.3, -0.25) is 4.79 Å². The maximum atomic E-state index is 12.4. The predicted octanol–water partition coefficient (Wildman–Crippen LogP) is 3.15. The first-order valence-corrected chi connectivity index (χ1v) is 8.53. The number of amidine groups is 1. The molecule has 3 rings (SSSR count). The minimum absolute atomic E-state index is 0.209. The van der Waals surface area contributed by atoms with Crippen molar-refractivity contribution in [3.05, 3.63) is 64.1 Å². The Bertz CT molecular complexity index is 933. The molecule has 1 aliphatic heterocycles. The fraction of sp³-hybridized carbons (Fsp3) is 0.105. The van der Waals surface area contributed by atoms with E-state index in [4.69, 9.17) is 15.2 Å². The molecule has 1 heterocycles. The molecule has 0 spiro atoms. The highest BCUT2D eigenvalue weighted by molar-refractivity contribution is 8.18. The number of thioether (sulfide) groups is 1. The summed E-state index contributed by atoms with van der Waals surface area (Å²) in [5.74, 6) is -0.209. The van der Waals surface area contributed by atoms with Crippen LogP contribution >= 0.6 is 11.8 Å². The molecular formula is C19H16N2O4S. The Labute approximate surface area is 154 Å². The summed E-state index contributed by atoms with van der Waals surface area (Å²) in [6, 6.07) is 12.1. The summed E-state index contributed by atoms with van der Waals surface area (Å²) in [4.78, 5) is 28.1. The van der Waals surface area contributed by atoms with Gasteiger partial charge in [0.1, 0.15) is 0 Å². The lowest BCUT2D eigenvalue weighted by atomic mass is 10.1. The minimum Gasteiger partial charge on any atom is -0.493 e. The topological polar surface area (TPSA) is 91.0 Å².